The fraction of sp³-hybridized carbons (Fsp3) is 0.200. The third-order valence-corrected chi connectivity index (χ3v) is 4.50. The molecule has 2 rings (SSSR count). The van der Waals surface area contributed by atoms with Crippen molar-refractivity contribution >= 4 is 40.3 Å². The van der Waals surface area contributed by atoms with Crippen LogP contribution in [0.3, 0.4) is 0 Å². The third-order valence-electron chi connectivity index (χ3n) is 3.83. The lowest BCUT2D eigenvalue weighted by molar-refractivity contribution is -0.131. The van der Waals surface area contributed by atoms with Crippen molar-refractivity contribution in [3.63, 3.8) is 0 Å². The van der Waals surface area contributed by atoms with Crippen molar-refractivity contribution in [3.05, 3.63) is 69.3 Å². The molecular weight excluding hydrogens is 477 g/mol. The quantitative estimate of drug-likeness (QED) is 0.390. The maximum Gasteiger partial charge on any atom is 0.412 e. The number of halogens is 1. The number of carboxylic acid groups (broad SMARTS) is 1. The zero-order chi connectivity index (χ0) is 20.7. The number of methoxy groups -OCH3 is 1. The van der Waals surface area contributed by atoms with Crippen molar-refractivity contribution in [3.8, 4) is 5.75 Å². The van der Waals surface area contributed by atoms with Crippen molar-refractivity contribution in [2.24, 2.45) is 0 Å². The monoisotopic (exact) mass is 497 g/mol. The van der Waals surface area contributed by atoms with E-state index in [1.807, 2.05) is 19.1 Å². The molecule has 0 aliphatic rings. The number of carboxylic acids is 1. The molecule has 28 heavy (non-hydrogen) atoms. The van der Waals surface area contributed by atoms with Gasteiger partial charge in [-0.1, -0.05) is 17.7 Å². The van der Waals surface area contributed by atoms with E-state index in [9.17, 15) is 14.7 Å². The van der Waals surface area contributed by atoms with Gasteiger partial charge in [-0.3, -0.25) is 5.32 Å². The molecular formula is C20H20INO6. The van der Waals surface area contributed by atoms with E-state index in [1.54, 1.807) is 24.3 Å². The predicted octanol–water partition coefficient (Wildman–Crippen LogP) is 4.25. The van der Waals surface area contributed by atoms with Crippen LogP contribution in [-0.2, 0) is 14.3 Å². The number of benzene rings is 2. The van der Waals surface area contributed by atoms with E-state index in [-0.39, 0.29) is 5.75 Å². The van der Waals surface area contributed by atoms with Gasteiger partial charge in [0.15, 0.2) is 6.10 Å². The summed E-state index contributed by atoms with van der Waals surface area (Å²) in [5, 5.41) is 21.8. The number of ether oxygens (including phenoxy) is 2. The Kier molecular flexibility index (Phi) is 7.82. The van der Waals surface area contributed by atoms with Gasteiger partial charge in [0.25, 0.3) is 0 Å². The minimum absolute atomic E-state index is 0.0978. The van der Waals surface area contributed by atoms with Crippen molar-refractivity contribution in [2.45, 2.75) is 19.1 Å². The topological polar surface area (TPSA) is 105 Å². The molecule has 3 N–H and O–H groups in total. The van der Waals surface area contributed by atoms with Gasteiger partial charge < -0.3 is 19.7 Å². The Hall–Kier alpha value is -2.59. The summed E-state index contributed by atoms with van der Waals surface area (Å²) in [7, 11) is 1.36. The maximum atomic E-state index is 12.4. The number of carbonyl (C=O) groups excluding carboxylic acids is 1. The van der Waals surface area contributed by atoms with Gasteiger partial charge in [-0.2, -0.15) is 0 Å². The zero-order valence-corrected chi connectivity index (χ0v) is 17.4. The molecule has 0 spiro atoms. The Morgan fingerprint density at radius 3 is 2.46 bits per heavy atom. The highest BCUT2D eigenvalue weighted by Gasteiger charge is 2.28. The Bertz CT molecular complexity index is 865. The molecule has 0 aromatic heterocycles. The summed E-state index contributed by atoms with van der Waals surface area (Å²) >= 11 is 2.06. The van der Waals surface area contributed by atoms with Crippen LogP contribution < -0.4 is 5.32 Å². The fourth-order valence-corrected chi connectivity index (χ4v) is 2.96. The summed E-state index contributed by atoms with van der Waals surface area (Å²) in [4.78, 5) is 23.3. The van der Waals surface area contributed by atoms with E-state index in [0.717, 1.165) is 15.2 Å². The van der Waals surface area contributed by atoms with Gasteiger partial charge in [0, 0.05) is 28.0 Å². The molecule has 8 heteroatoms. The summed E-state index contributed by atoms with van der Waals surface area (Å²) < 4.78 is 11.6. The minimum Gasteiger partial charge on any atom is -0.508 e. The third kappa shape index (κ3) is 6.24. The Morgan fingerprint density at radius 2 is 1.86 bits per heavy atom. The molecule has 0 radical (unpaired) electrons. The lowest BCUT2D eigenvalue weighted by Crippen LogP contribution is -2.27. The van der Waals surface area contributed by atoms with Gasteiger partial charge in [0.2, 0.25) is 0 Å². The second-order valence-electron chi connectivity index (χ2n) is 5.92. The number of anilines is 1. The van der Waals surface area contributed by atoms with Crippen LogP contribution in [0.2, 0.25) is 0 Å². The van der Waals surface area contributed by atoms with Crippen LogP contribution >= 0.6 is 22.6 Å². The van der Waals surface area contributed by atoms with E-state index in [2.05, 4.69) is 27.9 Å². The molecule has 0 saturated heterocycles. The number of phenols is 1. The van der Waals surface area contributed by atoms with Crippen molar-refractivity contribution in [2.75, 3.05) is 12.4 Å². The normalized spacial score (nSPS) is 13.1. The molecule has 0 aliphatic heterocycles. The molecule has 2 aromatic carbocycles. The van der Waals surface area contributed by atoms with E-state index in [0.29, 0.717) is 11.3 Å². The first kappa shape index (κ1) is 21.7. The first-order valence-electron chi connectivity index (χ1n) is 8.26. The van der Waals surface area contributed by atoms with E-state index in [1.165, 1.54) is 19.3 Å². The number of aromatic hydroxyl groups is 1. The summed E-state index contributed by atoms with van der Waals surface area (Å²) in [6.45, 7) is 1.93. The van der Waals surface area contributed by atoms with Crippen molar-refractivity contribution in [1.82, 2.24) is 0 Å². The summed E-state index contributed by atoms with van der Waals surface area (Å²) in [5.41, 5.74) is 1.88. The van der Waals surface area contributed by atoms with Gasteiger partial charge in [-0.05, 0) is 65.9 Å². The Balaban J connectivity index is 2.31. The Labute approximate surface area is 176 Å². The maximum absolute atomic E-state index is 12.4. The van der Waals surface area contributed by atoms with Crippen molar-refractivity contribution in [1.29, 1.82) is 0 Å². The number of phenolic OH excluding ortho intramolecular Hbond substituents is 1. The highest BCUT2D eigenvalue weighted by molar-refractivity contribution is 14.1. The molecule has 0 heterocycles. The number of carbonyl (C=O) groups is 2. The molecule has 0 aliphatic carbocycles. The second kappa shape index (κ2) is 10.1. The van der Waals surface area contributed by atoms with E-state index >= 15 is 0 Å². The highest BCUT2D eigenvalue weighted by atomic mass is 127. The van der Waals surface area contributed by atoms with Gasteiger partial charge in [0.05, 0.1) is 0 Å². The predicted molar refractivity (Wildman–Crippen MR) is 112 cm³/mol. The first-order valence-corrected chi connectivity index (χ1v) is 9.34. The van der Waals surface area contributed by atoms with Gasteiger partial charge >= 0.3 is 12.1 Å². The van der Waals surface area contributed by atoms with Crippen LogP contribution in [0.1, 0.15) is 17.2 Å². The number of rotatable bonds is 7. The lowest BCUT2D eigenvalue weighted by atomic mass is 10.0. The smallest absolute Gasteiger partial charge is 0.412 e. The summed E-state index contributed by atoms with van der Waals surface area (Å²) in [6, 6.07) is 11.9. The molecule has 0 unspecified atom stereocenters. The molecule has 1 amide bonds. The van der Waals surface area contributed by atoms with Crippen LogP contribution in [0.4, 0.5) is 10.5 Å². The lowest BCUT2D eigenvalue weighted by Gasteiger charge is -2.25. The standard InChI is InChI=1S/C20H20INO6/c1-12-3-6-14(7-4-12)22-20(26)28-19(17(27-2)9-10-18(24)25)15-11-13(21)5-8-16(15)23/h3-11,17,19,23H,1-2H3,(H,22,26)(H,24,25)/b10-9+/t17-,19-/m0/s1. The number of hydrogen-bond donors (Lipinski definition) is 3. The molecule has 0 saturated carbocycles. The molecule has 0 bridgehead atoms. The van der Waals surface area contributed by atoms with Crippen LogP contribution in [0, 0.1) is 10.5 Å². The second-order valence-corrected chi connectivity index (χ2v) is 7.16. The molecule has 7 nitrogen and oxygen atoms in total. The number of nitrogens with one attached hydrogen (secondary N) is 1. The number of aliphatic carboxylic acids is 1. The number of hydrogen-bond acceptors (Lipinski definition) is 5. The Morgan fingerprint density at radius 1 is 1.18 bits per heavy atom. The minimum atomic E-state index is -1.17. The van der Waals surface area contributed by atoms with Crippen molar-refractivity contribution < 1.29 is 29.3 Å². The molecule has 2 aromatic rings. The number of amides is 1. The first-order chi connectivity index (χ1) is 13.3. The van der Waals surface area contributed by atoms with Gasteiger partial charge in [0.1, 0.15) is 11.9 Å². The average molecular weight is 497 g/mol. The van der Waals surface area contributed by atoms with E-state index < -0.39 is 24.3 Å². The van der Waals surface area contributed by atoms with Crippen LogP contribution in [0.25, 0.3) is 0 Å². The largest absolute Gasteiger partial charge is 0.508 e. The van der Waals surface area contributed by atoms with Crippen LogP contribution in [0.5, 0.6) is 5.75 Å². The number of aryl methyl sites for hydroxylation is 1. The SMILES string of the molecule is CO[C@@H](/C=C/C(=O)O)[C@@H](OC(=O)Nc1ccc(C)cc1)c1cc(I)ccc1O. The molecule has 2 atom stereocenters. The van der Waals surface area contributed by atoms with E-state index in [4.69, 9.17) is 14.6 Å². The molecule has 0 fully saturated rings. The molecule has 148 valence electrons. The van der Waals surface area contributed by atoms with Gasteiger partial charge in [-0.25, -0.2) is 9.59 Å². The van der Waals surface area contributed by atoms with Crippen LogP contribution in [-0.4, -0.2) is 35.5 Å². The summed E-state index contributed by atoms with van der Waals surface area (Å²) in [6.07, 6.45) is -0.610. The zero-order valence-electron chi connectivity index (χ0n) is 15.3. The highest BCUT2D eigenvalue weighted by Crippen LogP contribution is 2.33. The van der Waals surface area contributed by atoms with Gasteiger partial charge in [-0.15, -0.1) is 0 Å². The fourth-order valence-electron chi connectivity index (χ4n) is 2.44. The summed E-state index contributed by atoms with van der Waals surface area (Å²) in [5.74, 6) is -1.27. The average Bonchev–Trinajstić information content (AvgIpc) is 2.65. The van der Waals surface area contributed by atoms with Crippen LogP contribution in [0.15, 0.2) is 54.6 Å².